The van der Waals surface area contributed by atoms with Crippen LogP contribution in [0.15, 0.2) is 28.2 Å². The summed E-state index contributed by atoms with van der Waals surface area (Å²) in [5.41, 5.74) is 1.67. The van der Waals surface area contributed by atoms with Gasteiger partial charge in [0, 0.05) is 5.56 Å². The largest absolute Gasteiger partial charge is 0.496 e. The van der Waals surface area contributed by atoms with Crippen molar-refractivity contribution < 1.29 is 9.84 Å². The Bertz CT molecular complexity index is 498. The van der Waals surface area contributed by atoms with Crippen LogP contribution in [0.25, 0.3) is 11.3 Å². The van der Waals surface area contributed by atoms with Gasteiger partial charge in [-0.3, -0.25) is 0 Å². The Morgan fingerprint density at radius 2 is 2.19 bits per heavy atom. The van der Waals surface area contributed by atoms with Crippen LogP contribution < -0.4 is 4.74 Å². The second kappa shape index (κ2) is 4.95. The zero-order valence-electron chi connectivity index (χ0n) is 8.61. The summed E-state index contributed by atoms with van der Waals surface area (Å²) in [6, 6.07) is 7.64. The molecule has 1 N–H and O–H groups in total. The normalized spacial score (nSPS) is 10.4. The summed E-state index contributed by atoms with van der Waals surface area (Å²) < 4.78 is 6.04. The maximum absolute atomic E-state index is 9.27. The Morgan fingerprint density at radius 1 is 1.44 bits per heavy atom. The zero-order chi connectivity index (χ0) is 11.5. The molecule has 84 valence electrons. The molecule has 1 heterocycles. The van der Waals surface area contributed by atoms with Crippen LogP contribution >= 0.6 is 27.3 Å². The minimum atomic E-state index is -0.0172. The third kappa shape index (κ3) is 2.11. The van der Waals surface area contributed by atoms with Gasteiger partial charge >= 0.3 is 0 Å². The van der Waals surface area contributed by atoms with Crippen molar-refractivity contribution in [1.29, 1.82) is 0 Å². The van der Waals surface area contributed by atoms with Gasteiger partial charge in [-0.1, -0.05) is 12.1 Å². The molecule has 0 bridgehead atoms. The van der Waals surface area contributed by atoms with Crippen molar-refractivity contribution in [2.45, 2.75) is 6.61 Å². The summed E-state index contributed by atoms with van der Waals surface area (Å²) in [7, 11) is 1.62. The van der Waals surface area contributed by atoms with Gasteiger partial charge in [0.1, 0.15) is 5.75 Å². The van der Waals surface area contributed by atoms with Crippen molar-refractivity contribution >= 4 is 27.3 Å². The van der Waals surface area contributed by atoms with Crippen molar-refractivity contribution in [3.05, 3.63) is 33.1 Å². The summed E-state index contributed by atoms with van der Waals surface area (Å²) in [6.07, 6.45) is 0. The maximum Gasteiger partial charge on any atom is 0.160 e. The van der Waals surface area contributed by atoms with Crippen molar-refractivity contribution in [2.24, 2.45) is 0 Å². The van der Waals surface area contributed by atoms with E-state index in [0.717, 1.165) is 25.8 Å². The lowest BCUT2D eigenvalue weighted by Crippen LogP contribution is -1.90. The molecular weight excluding hydrogens is 290 g/mol. The van der Waals surface area contributed by atoms with Gasteiger partial charge in [-0.05, 0) is 28.1 Å². The molecule has 0 radical (unpaired) electrons. The number of aliphatic hydroxyl groups is 1. The van der Waals surface area contributed by atoms with E-state index in [1.54, 1.807) is 7.11 Å². The van der Waals surface area contributed by atoms with Crippen LogP contribution in [-0.4, -0.2) is 17.2 Å². The minimum Gasteiger partial charge on any atom is -0.496 e. The van der Waals surface area contributed by atoms with Crippen LogP contribution in [0.2, 0.25) is 0 Å². The predicted octanol–water partition coefficient (Wildman–Crippen LogP) is 3.07. The third-order valence-electron chi connectivity index (χ3n) is 2.18. The van der Waals surface area contributed by atoms with Crippen LogP contribution in [0, 0.1) is 0 Å². The number of nitrogens with zero attached hydrogens (tertiary/aromatic N) is 1. The number of para-hydroxylation sites is 1. The molecule has 0 amide bonds. The second-order valence-corrected chi connectivity index (χ2v) is 5.46. The van der Waals surface area contributed by atoms with Crippen LogP contribution in [-0.2, 0) is 6.61 Å². The van der Waals surface area contributed by atoms with Crippen molar-refractivity contribution in [3.8, 4) is 17.0 Å². The van der Waals surface area contributed by atoms with Crippen molar-refractivity contribution in [3.63, 3.8) is 0 Å². The Morgan fingerprint density at radius 3 is 2.88 bits per heavy atom. The molecule has 0 fully saturated rings. The van der Waals surface area contributed by atoms with E-state index in [-0.39, 0.29) is 6.61 Å². The highest BCUT2D eigenvalue weighted by atomic mass is 79.9. The Balaban J connectivity index is 2.57. The van der Waals surface area contributed by atoms with E-state index in [4.69, 9.17) is 4.74 Å². The van der Waals surface area contributed by atoms with Gasteiger partial charge in [0.15, 0.2) is 3.92 Å². The van der Waals surface area contributed by atoms with E-state index in [1.807, 2.05) is 24.3 Å². The topological polar surface area (TPSA) is 42.4 Å². The fraction of sp³-hybridized carbons (Fsp3) is 0.182. The molecule has 5 heteroatoms. The average Bonchev–Trinajstić information content (AvgIpc) is 2.70. The lowest BCUT2D eigenvalue weighted by molar-refractivity contribution is 0.286. The SMILES string of the molecule is COc1ccccc1-c1nc(Br)sc1CO. The first-order valence-corrected chi connectivity index (χ1v) is 6.26. The molecule has 0 saturated carbocycles. The molecule has 16 heavy (non-hydrogen) atoms. The molecule has 0 aliphatic carbocycles. The van der Waals surface area contributed by atoms with Crippen LogP contribution in [0.5, 0.6) is 5.75 Å². The highest BCUT2D eigenvalue weighted by Crippen LogP contribution is 2.35. The highest BCUT2D eigenvalue weighted by Gasteiger charge is 2.14. The van der Waals surface area contributed by atoms with Crippen molar-refractivity contribution in [1.82, 2.24) is 4.98 Å². The Kier molecular flexibility index (Phi) is 3.58. The van der Waals surface area contributed by atoms with E-state index < -0.39 is 0 Å². The molecule has 2 rings (SSSR count). The van der Waals surface area contributed by atoms with Crippen LogP contribution in [0.1, 0.15) is 4.88 Å². The highest BCUT2D eigenvalue weighted by molar-refractivity contribution is 9.11. The number of aliphatic hydroxyl groups excluding tert-OH is 1. The summed E-state index contributed by atoms with van der Waals surface area (Å²) in [6.45, 7) is -0.0172. The van der Waals surface area contributed by atoms with Gasteiger partial charge in [-0.2, -0.15) is 0 Å². The van der Waals surface area contributed by atoms with Gasteiger partial charge in [-0.25, -0.2) is 4.98 Å². The van der Waals surface area contributed by atoms with Crippen molar-refractivity contribution in [2.75, 3.05) is 7.11 Å². The summed E-state index contributed by atoms with van der Waals surface area (Å²) in [5, 5.41) is 9.27. The number of rotatable bonds is 3. The molecule has 0 aliphatic rings. The van der Waals surface area contributed by atoms with E-state index >= 15 is 0 Å². The van der Waals surface area contributed by atoms with E-state index in [2.05, 4.69) is 20.9 Å². The van der Waals surface area contributed by atoms with E-state index in [9.17, 15) is 5.11 Å². The molecule has 0 unspecified atom stereocenters. The van der Waals surface area contributed by atoms with Crippen LogP contribution in [0.4, 0.5) is 0 Å². The first-order valence-electron chi connectivity index (χ1n) is 4.65. The van der Waals surface area contributed by atoms with Gasteiger partial charge in [0.25, 0.3) is 0 Å². The monoisotopic (exact) mass is 299 g/mol. The van der Waals surface area contributed by atoms with E-state index in [1.165, 1.54) is 11.3 Å². The molecule has 0 atom stereocenters. The molecule has 0 aliphatic heterocycles. The summed E-state index contributed by atoms with van der Waals surface area (Å²) in [4.78, 5) is 5.19. The molecule has 1 aromatic heterocycles. The number of thiazole rings is 1. The van der Waals surface area contributed by atoms with Gasteiger partial charge in [0.2, 0.25) is 0 Å². The molecule has 3 nitrogen and oxygen atoms in total. The van der Waals surface area contributed by atoms with Gasteiger partial charge in [-0.15, -0.1) is 11.3 Å². The molecule has 0 saturated heterocycles. The van der Waals surface area contributed by atoms with Crippen LogP contribution in [0.3, 0.4) is 0 Å². The maximum atomic E-state index is 9.27. The standard InChI is InChI=1S/C11H10BrNO2S/c1-15-8-5-3-2-4-7(8)10-9(6-14)16-11(12)13-10/h2-5,14H,6H2,1H3. The predicted molar refractivity (Wildman–Crippen MR) is 67.7 cm³/mol. The molecule has 1 aromatic carbocycles. The molecular formula is C11H10BrNO2S. The Labute approximate surface area is 106 Å². The first-order chi connectivity index (χ1) is 7.76. The first kappa shape index (κ1) is 11.6. The quantitative estimate of drug-likeness (QED) is 0.947. The number of aromatic nitrogens is 1. The number of methoxy groups -OCH3 is 1. The fourth-order valence-electron chi connectivity index (χ4n) is 1.48. The minimum absolute atomic E-state index is 0.0172. The van der Waals surface area contributed by atoms with Gasteiger partial charge < -0.3 is 9.84 Å². The fourth-order valence-corrected chi connectivity index (χ4v) is 2.90. The summed E-state index contributed by atoms with van der Waals surface area (Å²) in [5.74, 6) is 0.759. The van der Waals surface area contributed by atoms with E-state index in [0.29, 0.717) is 0 Å². The molecule has 2 aromatic rings. The third-order valence-corrected chi connectivity index (χ3v) is 3.67. The lowest BCUT2D eigenvalue weighted by Gasteiger charge is -2.06. The second-order valence-electron chi connectivity index (χ2n) is 3.10. The zero-order valence-corrected chi connectivity index (χ0v) is 11.0. The number of hydrogen-bond donors (Lipinski definition) is 1. The lowest BCUT2D eigenvalue weighted by atomic mass is 10.1. The number of ether oxygens (including phenoxy) is 1. The number of benzene rings is 1. The number of hydrogen-bond acceptors (Lipinski definition) is 4. The average molecular weight is 300 g/mol. The molecule has 0 spiro atoms. The Hall–Kier alpha value is -0.910. The summed E-state index contributed by atoms with van der Waals surface area (Å²) >= 11 is 4.75. The number of halogens is 1. The van der Waals surface area contributed by atoms with Gasteiger partial charge in [0.05, 0.1) is 24.3 Å². The smallest absolute Gasteiger partial charge is 0.160 e.